The molecule has 2 heterocycles. The largest absolute Gasteiger partial charge is 0.417 e. The number of alkyl halides is 3. The third-order valence-corrected chi connectivity index (χ3v) is 5.30. The van der Waals surface area contributed by atoms with Gasteiger partial charge in [-0.15, -0.1) is 10.2 Å². The van der Waals surface area contributed by atoms with Gasteiger partial charge in [0.25, 0.3) is 0 Å². The number of amides is 1. The Labute approximate surface area is 172 Å². The third-order valence-electron chi connectivity index (χ3n) is 3.78. The van der Waals surface area contributed by atoms with Crippen LogP contribution in [0.5, 0.6) is 0 Å². The summed E-state index contributed by atoms with van der Waals surface area (Å²) < 4.78 is 40.1. The van der Waals surface area contributed by atoms with E-state index >= 15 is 0 Å². The summed E-state index contributed by atoms with van der Waals surface area (Å²) in [5.41, 5.74) is 1.40. The van der Waals surface area contributed by atoms with E-state index in [0.717, 1.165) is 39.6 Å². The van der Waals surface area contributed by atoms with E-state index in [4.69, 9.17) is 23.2 Å². The van der Waals surface area contributed by atoms with Crippen LogP contribution in [0.1, 0.15) is 16.7 Å². The summed E-state index contributed by atoms with van der Waals surface area (Å²) in [5, 5.41) is 10.7. The molecule has 11 heteroatoms. The number of carbonyl (C=O) groups excluding carboxylic acids is 1. The van der Waals surface area contributed by atoms with Crippen LogP contribution in [-0.4, -0.2) is 26.3 Å². The molecule has 0 saturated heterocycles. The summed E-state index contributed by atoms with van der Waals surface area (Å²) in [6.07, 6.45) is -3.72. The molecule has 1 aromatic carbocycles. The standard InChI is InChI=1S/C17H13Cl2F3N4OS/c1-8-3-9(2)14(11(18)4-8)23-13(27)7-28-16-25-24-15-12(19)5-10(6-26(15)16)17(20,21)22/h3-6H,7H2,1-2H3,(H,23,27). The van der Waals surface area contributed by atoms with Crippen LogP contribution in [0.4, 0.5) is 18.9 Å². The van der Waals surface area contributed by atoms with Crippen molar-refractivity contribution in [1.82, 2.24) is 14.6 Å². The van der Waals surface area contributed by atoms with Crippen LogP contribution in [0.25, 0.3) is 5.65 Å². The van der Waals surface area contributed by atoms with Crippen molar-refractivity contribution in [1.29, 1.82) is 0 Å². The maximum Gasteiger partial charge on any atom is 0.417 e. The number of halogens is 5. The van der Waals surface area contributed by atoms with Crippen molar-refractivity contribution in [3.63, 3.8) is 0 Å². The van der Waals surface area contributed by atoms with Gasteiger partial charge in [-0.2, -0.15) is 13.2 Å². The Morgan fingerprint density at radius 3 is 2.54 bits per heavy atom. The number of nitrogens with zero attached hydrogens (tertiary/aromatic N) is 3. The van der Waals surface area contributed by atoms with Gasteiger partial charge >= 0.3 is 6.18 Å². The van der Waals surface area contributed by atoms with Gasteiger partial charge in [0.05, 0.1) is 27.0 Å². The first-order chi connectivity index (χ1) is 13.1. The Kier molecular flexibility index (Phi) is 5.79. The van der Waals surface area contributed by atoms with Crippen molar-refractivity contribution in [2.75, 3.05) is 11.1 Å². The third kappa shape index (κ3) is 4.37. The molecule has 148 valence electrons. The molecule has 0 spiro atoms. The SMILES string of the molecule is Cc1cc(C)c(NC(=O)CSc2nnc3c(Cl)cc(C(F)(F)F)cn23)c(Cl)c1. The zero-order chi connectivity index (χ0) is 20.6. The molecule has 0 saturated carbocycles. The first-order valence-corrected chi connectivity index (χ1v) is 9.61. The molecule has 2 aromatic heterocycles. The van der Waals surface area contributed by atoms with Crippen molar-refractivity contribution in [2.45, 2.75) is 25.2 Å². The highest BCUT2D eigenvalue weighted by Crippen LogP contribution is 2.33. The van der Waals surface area contributed by atoms with E-state index < -0.39 is 11.7 Å². The molecule has 1 amide bonds. The molecule has 0 bridgehead atoms. The zero-order valence-electron chi connectivity index (χ0n) is 14.6. The smallest absolute Gasteiger partial charge is 0.324 e. The summed E-state index contributed by atoms with van der Waals surface area (Å²) in [5.74, 6) is -0.480. The number of pyridine rings is 1. The van der Waals surface area contributed by atoms with E-state index in [1.165, 1.54) is 0 Å². The highest BCUT2D eigenvalue weighted by Gasteiger charge is 2.32. The maximum absolute atomic E-state index is 13.0. The van der Waals surface area contributed by atoms with Gasteiger partial charge in [-0.3, -0.25) is 9.20 Å². The van der Waals surface area contributed by atoms with Gasteiger partial charge in [0.1, 0.15) is 0 Å². The molecular formula is C17H13Cl2F3N4OS. The lowest BCUT2D eigenvalue weighted by Gasteiger charge is -2.11. The molecule has 0 aliphatic carbocycles. The first-order valence-electron chi connectivity index (χ1n) is 7.87. The van der Waals surface area contributed by atoms with Crippen molar-refractivity contribution in [3.8, 4) is 0 Å². The van der Waals surface area contributed by atoms with Crippen LogP contribution < -0.4 is 5.32 Å². The summed E-state index contributed by atoms with van der Waals surface area (Å²) in [6, 6.07) is 4.39. The number of aryl methyl sites for hydroxylation is 2. The van der Waals surface area contributed by atoms with E-state index in [0.29, 0.717) is 10.7 Å². The minimum Gasteiger partial charge on any atom is -0.324 e. The fraction of sp³-hybridized carbons (Fsp3) is 0.235. The number of hydrogen-bond donors (Lipinski definition) is 1. The van der Waals surface area contributed by atoms with E-state index in [2.05, 4.69) is 15.5 Å². The maximum atomic E-state index is 13.0. The summed E-state index contributed by atoms with van der Waals surface area (Å²) >= 11 is 13.0. The Morgan fingerprint density at radius 1 is 1.18 bits per heavy atom. The van der Waals surface area contributed by atoms with Crippen molar-refractivity contribution >= 4 is 52.2 Å². The highest BCUT2D eigenvalue weighted by molar-refractivity contribution is 7.99. The Hall–Kier alpha value is -1.97. The predicted octanol–water partition coefficient (Wildman–Crippen LogP) is 5.40. The monoisotopic (exact) mass is 448 g/mol. The van der Waals surface area contributed by atoms with Crippen LogP contribution in [0.3, 0.4) is 0 Å². The normalized spacial score (nSPS) is 11.8. The minimum absolute atomic E-state index is 0.0787. The molecule has 0 aliphatic rings. The van der Waals surface area contributed by atoms with Crippen LogP contribution in [0, 0.1) is 13.8 Å². The summed E-state index contributed by atoms with van der Waals surface area (Å²) in [7, 11) is 0. The zero-order valence-corrected chi connectivity index (χ0v) is 16.9. The fourth-order valence-corrected chi connectivity index (χ4v) is 3.89. The van der Waals surface area contributed by atoms with Gasteiger partial charge in [0, 0.05) is 6.20 Å². The summed E-state index contributed by atoms with van der Waals surface area (Å²) in [6.45, 7) is 3.70. The molecule has 3 rings (SSSR count). The van der Waals surface area contributed by atoms with Gasteiger partial charge in [-0.05, 0) is 37.1 Å². The van der Waals surface area contributed by atoms with E-state index in [1.807, 2.05) is 19.9 Å². The molecule has 0 atom stereocenters. The van der Waals surface area contributed by atoms with E-state index in [-0.39, 0.29) is 27.5 Å². The van der Waals surface area contributed by atoms with Gasteiger partial charge < -0.3 is 5.32 Å². The van der Waals surface area contributed by atoms with Gasteiger partial charge in [0.15, 0.2) is 10.8 Å². The lowest BCUT2D eigenvalue weighted by atomic mass is 10.1. The number of benzene rings is 1. The average molecular weight is 449 g/mol. The molecule has 1 N–H and O–H groups in total. The number of aromatic nitrogens is 3. The van der Waals surface area contributed by atoms with Gasteiger partial charge in [-0.25, -0.2) is 0 Å². The van der Waals surface area contributed by atoms with Crippen LogP contribution in [-0.2, 0) is 11.0 Å². The van der Waals surface area contributed by atoms with Crippen LogP contribution in [0.15, 0.2) is 29.6 Å². The van der Waals surface area contributed by atoms with Crippen LogP contribution in [0.2, 0.25) is 10.0 Å². The number of fused-ring (bicyclic) bond motifs is 1. The second-order valence-electron chi connectivity index (χ2n) is 6.03. The topological polar surface area (TPSA) is 59.3 Å². The van der Waals surface area contributed by atoms with E-state index in [9.17, 15) is 18.0 Å². The molecule has 0 fully saturated rings. The molecule has 0 aliphatic heterocycles. The molecule has 0 unspecified atom stereocenters. The quantitative estimate of drug-likeness (QED) is 0.542. The molecule has 3 aromatic rings. The molecule has 28 heavy (non-hydrogen) atoms. The highest BCUT2D eigenvalue weighted by atomic mass is 35.5. The number of rotatable bonds is 4. The Bertz CT molecular complexity index is 1050. The number of nitrogens with one attached hydrogen (secondary N) is 1. The lowest BCUT2D eigenvalue weighted by Crippen LogP contribution is -2.15. The number of carbonyl (C=O) groups is 1. The Morgan fingerprint density at radius 2 is 1.89 bits per heavy atom. The van der Waals surface area contributed by atoms with Crippen LogP contribution >= 0.6 is 35.0 Å². The predicted molar refractivity (Wildman–Crippen MR) is 103 cm³/mol. The second kappa shape index (κ2) is 7.81. The second-order valence-corrected chi connectivity index (χ2v) is 7.78. The molecule has 5 nitrogen and oxygen atoms in total. The van der Waals surface area contributed by atoms with Gasteiger partial charge in [0.2, 0.25) is 5.91 Å². The first kappa shape index (κ1) is 20.8. The molecule has 0 radical (unpaired) electrons. The van der Waals surface area contributed by atoms with Crippen molar-refractivity contribution in [3.05, 3.63) is 51.1 Å². The lowest BCUT2D eigenvalue weighted by molar-refractivity contribution is -0.137. The number of hydrogen-bond acceptors (Lipinski definition) is 4. The van der Waals surface area contributed by atoms with Crippen molar-refractivity contribution in [2.24, 2.45) is 0 Å². The number of thioether (sulfide) groups is 1. The summed E-state index contributed by atoms with van der Waals surface area (Å²) in [4.78, 5) is 12.3. The van der Waals surface area contributed by atoms with Gasteiger partial charge in [-0.1, -0.05) is 41.0 Å². The molecular weight excluding hydrogens is 436 g/mol. The fourth-order valence-electron chi connectivity index (χ4n) is 2.57. The van der Waals surface area contributed by atoms with E-state index in [1.54, 1.807) is 6.07 Å². The Balaban J connectivity index is 1.79. The van der Waals surface area contributed by atoms with Crippen molar-refractivity contribution < 1.29 is 18.0 Å². The number of anilines is 1. The minimum atomic E-state index is -4.57. The average Bonchev–Trinajstić information content (AvgIpc) is 2.99.